The lowest BCUT2D eigenvalue weighted by atomic mass is 10.3. The van der Waals surface area contributed by atoms with Crippen molar-refractivity contribution in [2.75, 3.05) is 0 Å². The van der Waals surface area contributed by atoms with E-state index in [1.165, 1.54) is 6.92 Å². The number of carbonyl (C=O) groups excluding carboxylic acids is 1. The number of ketones is 1. The van der Waals surface area contributed by atoms with Gasteiger partial charge >= 0.3 is 0 Å². The van der Waals surface area contributed by atoms with Crippen LogP contribution in [0, 0.1) is 0 Å². The molecular weight excluding hydrogens is 140 g/mol. The summed E-state index contributed by atoms with van der Waals surface area (Å²) in [6.45, 7) is 1.32. The first-order chi connectivity index (χ1) is 4.09. The molecule has 0 aromatic rings. The van der Waals surface area contributed by atoms with Crippen molar-refractivity contribution in [3.63, 3.8) is 0 Å². The fourth-order valence-corrected chi connectivity index (χ4v) is 1.42. The monoisotopic (exact) mass is 147 g/mol. The molecule has 52 valence electrons. The fraction of sp³-hybridized carbons (Fsp3) is 0.800. The summed E-state index contributed by atoms with van der Waals surface area (Å²) in [7, 11) is 0. The molecule has 0 amide bonds. The minimum atomic E-state index is -2.19. The van der Waals surface area contributed by atoms with Crippen molar-refractivity contribution in [1.82, 2.24) is 0 Å². The largest absolute Gasteiger partial charge is 0.772 e. The number of hydrogen-bond acceptors (Lipinski definition) is 3. The van der Waals surface area contributed by atoms with Gasteiger partial charge in [0.1, 0.15) is 5.78 Å². The molecule has 9 heavy (non-hydrogen) atoms. The van der Waals surface area contributed by atoms with Gasteiger partial charge in [-0.15, -0.1) is 0 Å². The zero-order valence-corrected chi connectivity index (χ0v) is 5.86. The summed E-state index contributed by atoms with van der Waals surface area (Å²) < 4.78 is 19.6. The summed E-state index contributed by atoms with van der Waals surface area (Å²) in [5, 5.41) is 0. The molecule has 0 spiro atoms. The Labute approximate surface area is 55.7 Å². The molecule has 0 radical (unpaired) electrons. The maximum atomic E-state index is 10.6. The van der Waals surface area contributed by atoms with Gasteiger partial charge in [-0.3, -0.25) is 9.00 Å². The lowest BCUT2D eigenvalue weighted by molar-refractivity contribution is -0.117. The van der Waals surface area contributed by atoms with Gasteiger partial charge in [0.15, 0.2) is 0 Å². The van der Waals surface area contributed by atoms with E-state index in [2.05, 4.69) is 0 Å². The van der Waals surface area contributed by atoms with Gasteiger partial charge in [-0.2, -0.15) is 0 Å². The molecule has 0 saturated heterocycles. The molecule has 0 aromatic carbocycles. The van der Waals surface area contributed by atoms with Gasteiger partial charge in [-0.1, -0.05) is 0 Å². The Balaban J connectivity index is 2.75. The van der Waals surface area contributed by atoms with Crippen LogP contribution in [-0.2, 0) is 15.9 Å². The lowest BCUT2D eigenvalue weighted by Crippen LogP contribution is -2.24. The summed E-state index contributed by atoms with van der Waals surface area (Å²) >= 11 is -2.19. The Morgan fingerprint density at radius 1 is 1.67 bits per heavy atom. The quantitative estimate of drug-likeness (QED) is 0.516. The van der Waals surface area contributed by atoms with Crippen molar-refractivity contribution in [3.05, 3.63) is 0 Å². The van der Waals surface area contributed by atoms with Crippen LogP contribution in [0.3, 0.4) is 0 Å². The van der Waals surface area contributed by atoms with E-state index in [9.17, 15) is 13.6 Å². The number of hydrogen-bond donors (Lipinski definition) is 0. The van der Waals surface area contributed by atoms with E-state index in [4.69, 9.17) is 0 Å². The minimum absolute atomic E-state index is 0.226. The molecule has 4 heteroatoms. The van der Waals surface area contributed by atoms with Crippen LogP contribution < -0.4 is 0 Å². The van der Waals surface area contributed by atoms with E-state index >= 15 is 0 Å². The van der Waals surface area contributed by atoms with Crippen LogP contribution in [0.2, 0.25) is 0 Å². The highest BCUT2D eigenvalue weighted by molar-refractivity contribution is 7.82. The van der Waals surface area contributed by atoms with E-state index in [1.807, 2.05) is 0 Å². The zero-order chi connectivity index (χ0) is 7.07. The van der Waals surface area contributed by atoms with Gasteiger partial charge < -0.3 is 4.55 Å². The van der Waals surface area contributed by atoms with Crippen molar-refractivity contribution in [1.29, 1.82) is 0 Å². The van der Waals surface area contributed by atoms with Gasteiger partial charge in [-0.25, -0.2) is 0 Å². The third-order valence-electron chi connectivity index (χ3n) is 1.66. The van der Waals surface area contributed by atoms with Crippen LogP contribution in [0.5, 0.6) is 0 Å². The Kier molecular flexibility index (Phi) is 1.44. The maximum absolute atomic E-state index is 10.6. The van der Waals surface area contributed by atoms with E-state index in [0.717, 1.165) is 0 Å². The number of carbonyl (C=O) groups is 1. The second-order valence-electron chi connectivity index (χ2n) is 2.29. The predicted octanol–water partition coefficient (Wildman–Crippen LogP) is -0.0129. The number of rotatable bonds is 2. The summed E-state index contributed by atoms with van der Waals surface area (Å²) in [5.41, 5.74) is 0. The van der Waals surface area contributed by atoms with E-state index in [1.54, 1.807) is 0 Å². The van der Waals surface area contributed by atoms with Crippen molar-refractivity contribution in [2.45, 2.75) is 24.5 Å². The van der Waals surface area contributed by atoms with Crippen molar-refractivity contribution in [3.8, 4) is 0 Å². The van der Waals surface area contributed by atoms with Crippen LogP contribution in [0.25, 0.3) is 0 Å². The molecule has 0 N–H and O–H groups in total. The van der Waals surface area contributed by atoms with Crippen molar-refractivity contribution >= 4 is 16.9 Å². The number of Topliss-reactive ketones (excluding diaryl/α,β-unsaturated/α-hetero) is 1. The summed E-state index contributed by atoms with van der Waals surface area (Å²) in [4.78, 5) is 10.6. The Hall–Kier alpha value is -0.220. The van der Waals surface area contributed by atoms with Crippen LogP contribution in [0.15, 0.2) is 0 Å². The first-order valence-corrected chi connectivity index (χ1v) is 3.77. The molecule has 0 heterocycles. The molecule has 1 fully saturated rings. The lowest BCUT2D eigenvalue weighted by Gasteiger charge is -2.13. The third kappa shape index (κ3) is 0.923. The summed E-state index contributed by atoms with van der Waals surface area (Å²) in [6, 6.07) is 0. The molecule has 0 aromatic heterocycles. The molecule has 1 aliphatic rings. The fourth-order valence-electron chi connectivity index (χ4n) is 0.750. The molecule has 1 rings (SSSR count). The first-order valence-electron chi connectivity index (χ1n) is 2.70. The van der Waals surface area contributed by atoms with Crippen LogP contribution >= 0.6 is 0 Å². The average molecular weight is 147 g/mol. The molecule has 1 aliphatic carbocycles. The zero-order valence-electron chi connectivity index (χ0n) is 5.05. The van der Waals surface area contributed by atoms with E-state index in [-0.39, 0.29) is 5.78 Å². The molecule has 1 saturated carbocycles. The van der Waals surface area contributed by atoms with Crippen molar-refractivity contribution in [2.24, 2.45) is 0 Å². The van der Waals surface area contributed by atoms with Crippen LogP contribution in [0.1, 0.15) is 19.8 Å². The molecule has 0 aliphatic heterocycles. The minimum Gasteiger partial charge on any atom is -0.772 e. The second-order valence-corrected chi connectivity index (χ2v) is 3.54. The summed E-state index contributed by atoms with van der Waals surface area (Å²) in [6.07, 6.45) is 1.02. The molecule has 1 unspecified atom stereocenters. The van der Waals surface area contributed by atoms with Gasteiger partial charge in [0.05, 0.1) is 4.75 Å². The highest BCUT2D eigenvalue weighted by Gasteiger charge is 2.48. The standard InChI is InChI=1S/C5H8O3S/c1-4(6)5(2-3-5)9(7)8/h2-3H2,1H3,(H,7,8)/p-1. The van der Waals surface area contributed by atoms with Gasteiger partial charge in [0.2, 0.25) is 0 Å². The Morgan fingerprint density at radius 2 is 2.11 bits per heavy atom. The topological polar surface area (TPSA) is 57.2 Å². The first kappa shape index (κ1) is 6.89. The highest BCUT2D eigenvalue weighted by Crippen LogP contribution is 2.41. The Morgan fingerprint density at radius 3 is 2.11 bits per heavy atom. The Bertz CT molecular complexity index is 155. The van der Waals surface area contributed by atoms with E-state index in [0.29, 0.717) is 12.8 Å². The molecule has 0 bridgehead atoms. The SMILES string of the molecule is CC(=O)C1(S(=O)[O-])CC1. The normalized spacial score (nSPS) is 25.1. The smallest absolute Gasteiger partial charge is 0.147 e. The van der Waals surface area contributed by atoms with Gasteiger partial charge in [0, 0.05) is 0 Å². The van der Waals surface area contributed by atoms with Gasteiger partial charge in [-0.05, 0) is 30.8 Å². The molecule has 1 atom stereocenters. The second kappa shape index (κ2) is 1.88. The van der Waals surface area contributed by atoms with Crippen molar-refractivity contribution < 1.29 is 13.6 Å². The highest BCUT2D eigenvalue weighted by atomic mass is 32.2. The molecule has 3 nitrogen and oxygen atoms in total. The predicted molar refractivity (Wildman–Crippen MR) is 31.6 cm³/mol. The molecular formula is C5H7O3S-. The summed E-state index contributed by atoms with van der Waals surface area (Å²) in [5.74, 6) is -0.226. The van der Waals surface area contributed by atoms with Gasteiger partial charge in [0.25, 0.3) is 0 Å². The maximum Gasteiger partial charge on any atom is 0.147 e. The third-order valence-corrected chi connectivity index (χ3v) is 3.00. The van der Waals surface area contributed by atoms with Crippen LogP contribution in [-0.4, -0.2) is 19.3 Å². The average Bonchev–Trinajstić information content (AvgIpc) is 2.40. The van der Waals surface area contributed by atoms with Crippen LogP contribution in [0.4, 0.5) is 0 Å². The van der Waals surface area contributed by atoms with E-state index < -0.39 is 15.8 Å².